The number of rotatable bonds is 13. The lowest BCUT2D eigenvalue weighted by molar-refractivity contribution is -0.136. The molecule has 2 aromatic carbocycles. The molecule has 0 aliphatic carbocycles. The van der Waals surface area contributed by atoms with Crippen molar-refractivity contribution in [1.29, 1.82) is 0 Å². The topological polar surface area (TPSA) is 138 Å². The van der Waals surface area contributed by atoms with Crippen molar-refractivity contribution in [3.63, 3.8) is 0 Å². The molecule has 5 rings (SSSR count). The number of halogens is 3. The number of amides is 1. The van der Waals surface area contributed by atoms with Gasteiger partial charge in [0.15, 0.2) is 11.6 Å². The fourth-order valence-electron chi connectivity index (χ4n) is 5.08. The summed E-state index contributed by atoms with van der Waals surface area (Å²) in [5.41, 5.74) is 4.10. The molecule has 0 spiro atoms. The Morgan fingerprint density at radius 2 is 1.82 bits per heavy atom. The zero-order valence-electron chi connectivity index (χ0n) is 24.3. The van der Waals surface area contributed by atoms with Gasteiger partial charge in [-0.2, -0.15) is 0 Å². The summed E-state index contributed by atoms with van der Waals surface area (Å²) in [6.07, 6.45) is 4.44. The second-order valence-electron chi connectivity index (χ2n) is 10.4. The van der Waals surface area contributed by atoms with Gasteiger partial charge >= 0.3 is 5.97 Å². The van der Waals surface area contributed by atoms with E-state index in [-0.39, 0.29) is 36.4 Å². The maximum atomic E-state index is 15.2. The number of aliphatic carboxylic acids is 1. The van der Waals surface area contributed by atoms with Crippen molar-refractivity contribution in [2.45, 2.75) is 32.0 Å². The molecule has 1 fully saturated rings. The Hall–Kier alpha value is -4.29. The average molecular weight is 654 g/mol. The summed E-state index contributed by atoms with van der Waals surface area (Å²) in [4.78, 5) is 30.9. The third-order valence-corrected chi connectivity index (χ3v) is 8.13. The van der Waals surface area contributed by atoms with E-state index in [1.165, 1.54) is 12.3 Å². The maximum Gasteiger partial charge on any atom is 0.317 e. The van der Waals surface area contributed by atoms with E-state index in [9.17, 15) is 9.59 Å². The Balaban J connectivity index is 1.36. The van der Waals surface area contributed by atoms with Gasteiger partial charge in [-0.15, -0.1) is 0 Å². The van der Waals surface area contributed by atoms with Crippen LogP contribution in [-0.4, -0.2) is 53.2 Å². The Morgan fingerprint density at radius 3 is 2.58 bits per heavy atom. The number of carboxylic acid groups (broad SMARTS) is 1. The van der Waals surface area contributed by atoms with Gasteiger partial charge in [0.05, 0.1) is 35.1 Å². The minimum Gasteiger partial charge on any atom is -0.496 e. The Bertz CT molecular complexity index is 1720. The Morgan fingerprint density at radius 1 is 1.04 bits per heavy atom. The zero-order chi connectivity index (χ0) is 31.9. The van der Waals surface area contributed by atoms with E-state index in [2.05, 4.69) is 31.2 Å². The van der Waals surface area contributed by atoms with Crippen molar-refractivity contribution in [2.24, 2.45) is 0 Å². The first-order chi connectivity index (χ1) is 21.7. The predicted molar refractivity (Wildman–Crippen MR) is 171 cm³/mol. The number of carbonyl (C=O) groups excluding carboxylic acids is 1. The zero-order valence-corrected chi connectivity index (χ0v) is 25.8. The van der Waals surface area contributed by atoms with Crippen molar-refractivity contribution in [3.05, 3.63) is 87.9 Å². The highest BCUT2D eigenvalue weighted by atomic mass is 35.5. The van der Waals surface area contributed by atoms with Gasteiger partial charge in [0.2, 0.25) is 5.91 Å². The first kappa shape index (κ1) is 32.1. The number of nitrogens with one attached hydrogen (secondary N) is 4. The normalized spacial score (nSPS) is 14.3. The third kappa shape index (κ3) is 7.69. The first-order valence-corrected chi connectivity index (χ1v) is 14.9. The number of carboxylic acids is 1. The van der Waals surface area contributed by atoms with E-state index in [4.69, 9.17) is 33.0 Å². The second kappa shape index (κ2) is 14.7. The molecule has 13 heteroatoms. The van der Waals surface area contributed by atoms with Crippen LogP contribution in [0.25, 0.3) is 22.4 Å². The number of ether oxygens (including phenoxy) is 1. The smallest absolute Gasteiger partial charge is 0.317 e. The molecule has 0 saturated carbocycles. The van der Waals surface area contributed by atoms with Crippen LogP contribution < -0.4 is 26.0 Å². The van der Waals surface area contributed by atoms with Gasteiger partial charge in [-0.1, -0.05) is 47.5 Å². The average Bonchev–Trinajstić information content (AvgIpc) is 3.45. The number of hydrogen-bond acceptors (Lipinski definition) is 8. The number of carbonyl (C=O) groups is 2. The van der Waals surface area contributed by atoms with Crippen LogP contribution in [0.15, 0.2) is 60.9 Å². The molecule has 5 N–H and O–H groups in total. The van der Waals surface area contributed by atoms with Gasteiger partial charge in [0, 0.05) is 72.3 Å². The van der Waals surface area contributed by atoms with E-state index < -0.39 is 11.8 Å². The molecule has 234 valence electrons. The number of benzene rings is 2. The van der Waals surface area contributed by atoms with Crippen molar-refractivity contribution in [3.8, 4) is 28.1 Å². The fraction of sp³-hybridized carbons (Fsp3) is 0.250. The summed E-state index contributed by atoms with van der Waals surface area (Å²) in [5.74, 6) is -0.975. The maximum absolute atomic E-state index is 15.2. The standard InChI is InChI=1S/C32H31Cl2FN6O4/c1-45-25-13-18(5-6-19(25)14-36-16-21-7-8-26(42)40-21)31-29(34)23(10-12-38-31)22-3-2-4-24(28(22)33)41-32-30(35)20(9-11-39-32)15-37-17-27(43)44/h2-6,9-13,21,36-37H,7-8,14-17H2,1H3,(H,39,41)(H,40,42)(H,43,44)/t21-/m0/s1. The van der Waals surface area contributed by atoms with Crippen LogP contribution in [0.4, 0.5) is 15.9 Å². The van der Waals surface area contributed by atoms with E-state index in [1.54, 1.807) is 37.6 Å². The largest absolute Gasteiger partial charge is 0.496 e. The summed E-state index contributed by atoms with van der Waals surface area (Å²) in [6, 6.07) is 14.3. The van der Waals surface area contributed by atoms with Crippen LogP contribution in [-0.2, 0) is 22.7 Å². The number of aromatic nitrogens is 2. The van der Waals surface area contributed by atoms with Crippen molar-refractivity contribution >= 4 is 46.6 Å². The van der Waals surface area contributed by atoms with Crippen molar-refractivity contribution in [2.75, 3.05) is 25.5 Å². The fourth-order valence-corrected chi connectivity index (χ4v) is 5.68. The minimum absolute atomic E-state index is 0.0148. The summed E-state index contributed by atoms with van der Waals surface area (Å²) >= 11 is 13.8. The van der Waals surface area contributed by atoms with Crippen LogP contribution in [0.5, 0.6) is 5.75 Å². The number of methoxy groups -OCH3 is 1. The quantitative estimate of drug-likeness (QED) is 0.126. The third-order valence-electron chi connectivity index (χ3n) is 7.34. The highest BCUT2D eigenvalue weighted by molar-refractivity contribution is 6.39. The molecule has 2 aromatic heterocycles. The lowest BCUT2D eigenvalue weighted by Crippen LogP contribution is -2.35. The van der Waals surface area contributed by atoms with Crippen LogP contribution in [0, 0.1) is 5.82 Å². The minimum atomic E-state index is -1.04. The van der Waals surface area contributed by atoms with E-state index in [0.717, 1.165) is 17.5 Å². The Kier molecular flexibility index (Phi) is 10.5. The molecule has 0 radical (unpaired) electrons. The molecule has 45 heavy (non-hydrogen) atoms. The molecular weight excluding hydrogens is 622 g/mol. The van der Waals surface area contributed by atoms with Gasteiger partial charge < -0.3 is 31.1 Å². The molecule has 1 saturated heterocycles. The molecular formula is C32H31Cl2FN6O4. The molecule has 1 amide bonds. The highest BCUT2D eigenvalue weighted by Crippen LogP contribution is 2.41. The summed E-state index contributed by atoms with van der Waals surface area (Å²) in [5, 5.41) is 21.4. The molecule has 1 atom stereocenters. The van der Waals surface area contributed by atoms with Gasteiger partial charge in [-0.05, 0) is 30.7 Å². The number of anilines is 2. The van der Waals surface area contributed by atoms with E-state index in [0.29, 0.717) is 57.8 Å². The summed E-state index contributed by atoms with van der Waals surface area (Å²) in [6.45, 7) is 0.937. The summed E-state index contributed by atoms with van der Waals surface area (Å²) < 4.78 is 20.8. The molecule has 1 aliphatic heterocycles. The van der Waals surface area contributed by atoms with Crippen LogP contribution >= 0.6 is 23.2 Å². The van der Waals surface area contributed by atoms with Gasteiger partial charge in [0.25, 0.3) is 0 Å². The van der Waals surface area contributed by atoms with Gasteiger partial charge in [0.1, 0.15) is 5.75 Å². The van der Waals surface area contributed by atoms with Crippen molar-refractivity contribution < 1.29 is 23.8 Å². The number of hydrogen-bond donors (Lipinski definition) is 5. The SMILES string of the molecule is COc1cc(-c2nccc(-c3cccc(Nc4nccc(CNCC(=O)O)c4F)c3Cl)c2Cl)ccc1CNC[C@@H]1CCC(=O)N1. The van der Waals surface area contributed by atoms with Crippen LogP contribution in [0.3, 0.4) is 0 Å². The van der Waals surface area contributed by atoms with Crippen LogP contribution in [0.1, 0.15) is 24.0 Å². The lowest BCUT2D eigenvalue weighted by Gasteiger charge is -2.16. The van der Waals surface area contributed by atoms with E-state index in [1.807, 2.05) is 18.2 Å². The number of nitrogens with zero attached hydrogens (tertiary/aromatic N) is 2. The summed E-state index contributed by atoms with van der Waals surface area (Å²) in [7, 11) is 1.60. The monoisotopic (exact) mass is 652 g/mol. The van der Waals surface area contributed by atoms with Gasteiger partial charge in [-0.3, -0.25) is 14.6 Å². The molecule has 3 heterocycles. The molecule has 10 nitrogen and oxygen atoms in total. The lowest BCUT2D eigenvalue weighted by atomic mass is 10.0. The Labute approximate surface area is 269 Å². The van der Waals surface area contributed by atoms with E-state index >= 15 is 4.39 Å². The first-order valence-electron chi connectivity index (χ1n) is 14.2. The molecule has 0 unspecified atom stereocenters. The molecule has 4 aromatic rings. The molecule has 1 aliphatic rings. The molecule has 0 bridgehead atoms. The van der Waals surface area contributed by atoms with Crippen LogP contribution in [0.2, 0.25) is 10.0 Å². The second-order valence-corrected chi connectivity index (χ2v) is 11.2. The van der Waals surface area contributed by atoms with Gasteiger partial charge in [-0.25, -0.2) is 9.37 Å². The number of pyridine rings is 2. The predicted octanol–water partition coefficient (Wildman–Crippen LogP) is 5.55. The van der Waals surface area contributed by atoms with Crippen molar-refractivity contribution in [1.82, 2.24) is 25.9 Å². The highest BCUT2D eigenvalue weighted by Gasteiger charge is 2.21.